The maximum absolute atomic E-state index is 13.9. The number of piperidine rings is 1. The summed E-state index contributed by atoms with van der Waals surface area (Å²) in [7, 11) is 0. The highest BCUT2D eigenvalue weighted by Gasteiger charge is 2.29. The number of rotatable bonds is 5. The van der Waals surface area contributed by atoms with Crippen LogP contribution in [0.2, 0.25) is 0 Å². The fourth-order valence-electron chi connectivity index (χ4n) is 3.64. The van der Waals surface area contributed by atoms with Crippen LogP contribution in [0, 0.1) is 5.95 Å². The lowest BCUT2D eigenvalue weighted by Crippen LogP contribution is -2.48. The number of halogens is 1. The Labute approximate surface area is 160 Å². The second-order valence-corrected chi connectivity index (χ2v) is 7.18. The van der Waals surface area contributed by atoms with Crippen LogP contribution in [0.5, 0.6) is 0 Å². The van der Waals surface area contributed by atoms with E-state index in [1.807, 2.05) is 17.0 Å². The number of aromatic nitrogens is 2. The molecule has 0 radical (unpaired) electrons. The fraction of sp³-hybridized carbons (Fsp3) is 0.500. The van der Waals surface area contributed by atoms with Gasteiger partial charge in [-0.2, -0.15) is 4.39 Å². The van der Waals surface area contributed by atoms with E-state index >= 15 is 0 Å². The number of amides is 1. The first-order valence-corrected chi connectivity index (χ1v) is 9.61. The van der Waals surface area contributed by atoms with Crippen molar-refractivity contribution >= 4 is 17.5 Å². The third-order valence-corrected chi connectivity index (χ3v) is 4.90. The number of likely N-dealkylation sites (tertiary alicyclic amines) is 1. The maximum Gasteiger partial charge on any atom is 0.328 e. The summed E-state index contributed by atoms with van der Waals surface area (Å²) in [6, 6.07) is 7.31. The molecule has 1 N–H and O–H groups in total. The van der Waals surface area contributed by atoms with Gasteiger partial charge in [0.1, 0.15) is 0 Å². The van der Waals surface area contributed by atoms with Crippen molar-refractivity contribution in [2.75, 3.05) is 29.9 Å². The van der Waals surface area contributed by atoms with Crippen molar-refractivity contribution in [1.82, 2.24) is 14.5 Å². The minimum Gasteiger partial charge on any atom is -0.380 e. The van der Waals surface area contributed by atoms with Gasteiger partial charge in [0, 0.05) is 44.1 Å². The van der Waals surface area contributed by atoms with E-state index in [2.05, 4.69) is 36.0 Å². The Kier molecular flexibility index (Phi) is 5.98. The van der Waals surface area contributed by atoms with Crippen LogP contribution in [0.1, 0.15) is 33.6 Å². The highest BCUT2D eigenvalue weighted by molar-refractivity contribution is 5.77. The average Bonchev–Trinajstić information content (AvgIpc) is 3.19. The molecule has 0 atom stereocenters. The van der Waals surface area contributed by atoms with Crippen LogP contribution >= 0.6 is 0 Å². The fourth-order valence-corrected chi connectivity index (χ4v) is 3.64. The largest absolute Gasteiger partial charge is 0.380 e. The molecule has 1 fully saturated rings. The van der Waals surface area contributed by atoms with Crippen molar-refractivity contribution in [3.63, 3.8) is 0 Å². The van der Waals surface area contributed by atoms with E-state index in [-0.39, 0.29) is 18.1 Å². The van der Waals surface area contributed by atoms with E-state index in [9.17, 15) is 9.18 Å². The van der Waals surface area contributed by atoms with Gasteiger partial charge in [0.15, 0.2) is 5.82 Å². The van der Waals surface area contributed by atoms with Gasteiger partial charge < -0.3 is 15.1 Å². The highest BCUT2D eigenvalue weighted by atomic mass is 19.1. The van der Waals surface area contributed by atoms with E-state index in [0.717, 1.165) is 25.1 Å². The quantitative estimate of drug-likeness (QED) is 0.810. The molecule has 1 amide bonds. The number of nitrogens with one attached hydrogen (secondary N) is 1. The molecule has 1 saturated heterocycles. The van der Waals surface area contributed by atoms with Gasteiger partial charge in [-0.25, -0.2) is 9.78 Å². The summed E-state index contributed by atoms with van der Waals surface area (Å²) in [6.45, 7) is 8.26. The molecule has 3 heterocycles. The number of nitrogens with zero attached hydrogens (tertiary/aromatic N) is 4. The first-order chi connectivity index (χ1) is 13.0. The molecule has 0 saturated carbocycles. The molecule has 0 unspecified atom stereocenters. The Morgan fingerprint density at radius 1 is 1.30 bits per heavy atom. The second kappa shape index (κ2) is 8.41. The van der Waals surface area contributed by atoms with Gasteiger partial charge in [-0.15, -0.1) is 0 Å². The van der Waals surface area contributed by atoms with Crippen molar-refractivity contribution in [3.05, 3.63) is 42.6 Å². The number of anilines is 2. The van der Waals surface area contributed by atoms with Crippen LogP contribution in [0.15, 0.2) is 36.7 Å². The van der Waals surface area contributed by atoms with Crippen LogP contribution in [0.3, 0.4) is 0 Å². The van der Waals surface area contributed by atoms with Gasteiger partial charge in [-0.3, -0.25) is 4.57 Å². The van der Waals surface area contributed by atoms with Crippen molar-refractivity contribution in [2.24, 2.45) is 0 Å². The highest BCUT2D eigenvalue weighted by Crippen LogP contribution is 2.29. The molecule has 6 nitrogen and oxygen atoms in total. The molecular formula is C20H28FN5O. The van der Waals surface area contributed by atoms with Gasteiger partial charge in [-0.05, 0) is 57.9 Å². The van der Waals surface area contributed by atoms with Crippen molar-refractivity contribution < 1.29 is 9.18 Å². The van der Waals surface area contributed by atoms with Crippen molar-refractivity contribution in [1.29, 1.82) is 0 Å². The molecule has 27 heavy (non-hydrogen) atoms. The second-order valence-electron chi connectivity index (χ2n) is 7.18. The number of hydrogen-bond donors (Lipinski definition) is 1. The van der Waals surface area contributed by atoms with Gasteiger partial charge in [0.25, 0.3) is 0 Å². The lowest BCUT2D eigenvalue weighted by molar-refractivity contribution is 0.182. The van der Waals surface area contributed by atoms with E-state index in [4.69, 9.17) is 0 Å². The minimum absolute atomic E-state index is 0.00698. The van der Waals surface area contributed by atoms with E-state index in [1.165, 1.54) is 6.07 Å². The summed E-state index contributed by atoms with van der Waals surface area (Å²) in [5, 5.41) is 3.36. The van der Waals surface area contributed by atoms with Gasteiger partial charge in [0.05, 0.1) is 5.69 Å². The zero-order valence-electron chi connectivity index (χ0n) is 16.2. The third-order valence-electron chi connectivity index (χ3n) is 4.90. The van der Waals surface area contributed by atoms with Gasteiger partial charge in [-0.1, -0.05) is 0 Å². The Bertz CT molecular complexity index is 754. The SMILES string of the molecule is CCN(c1nc(F)ccc1NC(C)C)C1CCN(C(=O)n2cccc2)CC1. The van der Waals surface area contributed by atoms with Crippen LogP contribution in [-0.2, 0) is 0 Å². The number of pyridine rings is 1. The molecule has 0 aliphatic carbocycles. The smallest absolute Gasteiger partial charge is 0.328 e. The molecule has 0 aromatic carbocycles. The average molecular weight is 373 g/mol. The normalized spacial score (nSPS) is 15.2. The number of carbonyl (C=O) groups is 1. The van der Waals surface area contributed by atoms with E-state index in [1.54, 1.807) is 23.0 Å². The molecule has 1 aliphatic heterocycles. The molecule has 146 valence electrons. The summed E-state index contributed by atoms with van der Waals surface area (Å²) in [4.78, 5) is 20.7. The van der Waals surface area contributed by atoms with E-state index < -0.39 is 5.95 Å². The Balaban J connectivity index is 1.72. The lowest BCUT2D eigenvalue weighted by atomic mass is 10.0. The molecular weight excluding hydrogens is 345 g/mol. The topological polar surface area (TPSA) is 53.4 Å². The first kappa shape index (κ1) is 19.2. The predicted octanol–water partition coefficient (Wildman–Crippen LogP) is 3.80. The zero-order valence-corrected chi connectivity index (χ0v) is 16.2. The number of carbonyl (C=O) groups excluding carboxylic acids is 1. The van der Waals surface area contributed by atoms with Crippen molar-refractivity contribution in [3.8, 4) is 0 Å². The lowest BCUT2D eigenvalue weighted by Gasteiger charge is -2.39. The first-order valence-electron chi connectivity index (χ1n) is 9.61. The predicted molar refractivity (Wildman–Crippen MR) is 106 cm³/mol. The third kappa shape index (κ3) is 4.40. The summed E-state index contributed by atoms with van der Waals surface area (Å²) < 4.78 is 15.5. The molecule has 7 heteroatoms. The molecule has 1 aliphatic rings. The molecule has 2 aromatic rings. The Morgan fingerprint density at radius 2 is 1.96 bits per heavy atom. The molecule has 3 rings (SSSR count). The molecule has 0 bridgehead atoms. The van der Waals surface area contributed by atoms with Gasteiger partial charge >= 0.3 is 6.03 Å². The minimum atomic E-state index is -0.474. The summed E-state index contributed by atoms with van der Waals surface area (Å²) in [5.74, 6) is 0.180. The van der Waals surface area contributed by atoms with Crippen LogP contribution < -0.4 is 10.2 Å². The molecule has 2 aromatic heterocycles. The number of hydrogen-bond acceptors (Lipinski definition) is 4. The summed E-state index contributed by atoms with van der Waals surface area (Å²) >= 11 is 0. The maximum atomic E-state index is 13.9. The summed E-state index contributed by atoms with van der Waals surface area (Å²) in [6.07, 6.45) is 5.21. The van der Waals surface area contributed by atoms with Crippen molar-refractivity contribution in [2.45, 2.75) is 45.7 Å². The molecule has 0 spiro atoms. The van der Waals surface area contributed by atoms with Crippen LogP contribution in [0.25, 0.3) is 0 Å². The Hall–Kier alpha value is -2.57. The standard InChI is InChI=1S/C20H28FN5O/c1-4-26(19-17(22-15(2)3)7-8-18(21)23-19)16-9-13-25(14-10-16)20(27)24-11-5-6-12-24/h5-8,11-12,15-16,22H,4,9-10,13-14H2,1-3H3. The van der Waals surface area contributed by atoms with Crippen LogP contribution in [-0.4, -0.2) is 52.2 Å². The Morgan fingerprint density at radius 3 is 2.56 bits per heavy atom. The van der Waals surface area contributed by atoms with Crippen LogP contribution in [0.4, 0.5) is 20.7 Å². The van der Waals surface area contributed by atoms with Gasteiger partial charge in [0.2, 0.25) is 5.95 Å². The van der Waals surface area contributed by atoms with E-state index in [0.29, 0.717) is 18.9 Å². The monoisotopic (exact) mass is 373 g/mol. The summed E-state index contributed by atoms with van der Waals surface area (Å²) in [5.41, 5.74) is 0.846. The zero-order chi connectivity index (χ0) is 19.4.